The van der Waals surface area contributed by atoms with Gasteiger partial charge in [0.05, 0.1) is 5.41 Å². The predicted octanol–water partition coefficient (Wildman–Crippen LogP) is 9.84. The van der Waals surface area contributed by atoms with Gasteiger partial charge in [-0.3, -0.25) is 0 Å². The minimum absolute atomic E-state index is 0.478. The summed E-state index contributed by atoms with van der Waals surface area (Å²) in [5.74, 6) is 1.93. The van der Waals surface area contributed by atoms with Crippen molar-refractivity contribution in [2.24, 2.45) is 0 Å². The van der Waals surface area contributed by atoms with E-state index in [1.807, 2.05) is 0 Å². The van der Waals surface area contributed by atoms with Gasteiger partial charge in [-0.1, -0.05) is 107 Å². The average molecular weight is 539 g/mol. The van der Waals surface area contributed by atoms with Crippen LogP contribution < -0.4 is 4.74 Å². The molecule has 0 saturated carbocycles. The number of benzene rings is 6. The summed E-state index contributed by atoms with van der Waals surface area (Å²) in [6.07, 6.45) is 0. The molecule has 2 aliphatic rings. The lowest BCUT2D eigenvalue weighted by Crippen LogP contribution is -2.32. The van der Waals surface area contributed by atoms with E-state index >= 15 is 0 Å². The Labute approximate surface area is 224 Å². The van der Waals surface area contributed by atoms with Crippen molar-refractivity contribution in [3.8, 4) is 22.6 Å². The van der Waals surface area contributed by atoms with E-state index in [1.54, 1.807) is 0 Å². The van der Waals surface area contributed by atoms with Crippen LogP contribution in [-0.4, -0.2) is 0 Å². The van der Waals surface area contributed by atoms with E-state index in [-0.39, 0.29) is 0 Å². The monoisotopic (exact) mass is 538 g/mol. The van der Waals surface area contributed by atoms with E-state index in [4.69, 9.17) is 4.74 Å². The van der Waals surface area contributed by atoms with Gasteiger partial charge in [0.2, 0.25) is 0 Å². The van der Waals surface area contributed by atoms with Crippen LogP contribution >= 0.6 is 15.9 Å². The van der Waals surface area contributed by atoms with E-state index in [2.05, 4.69) is 133 Å². The number of ether oxygens (including phenoxy) is 1. The Morgan fingerprint density at radius 2 is 1.11 bits per heavy atom. The first kappa shape index (κ1) is 21.2. The van der Waals surface area contributed by atoms with Crippen LogP contribution in [0.15, 0.2) is 108 Å². The third-order valence-corrected chi connectivity index (χ3v) is 8.97. The molecule has 1 heterocycles. The molecule has 6 aromatic carbocycles. The highest BCUT2D eigenvalue weighted by Crippen LogP contribution is 2.64. The molecule has 1 spiro atoms. The Kier molecular flexibility index (Phi) is 4.21. The van der Waals surface area contributed by atoms with Gasteiger partial charge in [-0.25, -0.2) is 0 Å². The highest BCUT2D eigenvalue weighted by atomic mass is 79.9. The van der Waals surface area contributed by atoms with Crippen LogP contribution in [0.2, 0.25) is 0 Å². The molecule has 2 heteroatoms. The number of fused-ring (bicyclic) bond motifs is 13. The van der Waals surface area contributed by atoms with Gasteiger partial charge in [0.1, 0.15) is 11.5 Å². The third kappa shape index (κ3) is 2.59. The quantitative estimate of drug-likeness (QED) is 0.186. The highest BCUT2D eigenvalue weighted by molar-refractivity contribution is 9.10. The maximum Gasteiger partial charge on any atom is 0.140 e. The van der Waals surface area contributed by atoms with Crippen molar-refractivity contribution in [2.45, 2.75) is 19.3 Å². The van der Waals surface area contributed by atoms with Crippen molar-refractivity contribution in [2.75, 3.05) is 0 Å². The van der Waals surface area contributed by atoms with Crippen molar-refractivity contribution in [1.82, 2.24) is 0 Å². The fourth-order valence-electron chi connectivity index (χ4n) is 6.86. The fraction of sp³-hybridized carbons (Fsp3) is 0.0857. The second-order valence-electron chi connectivity index (χ2n) is 10.3. The van der Waals surface area contributed by atoms with Gasteiger partial charge in [-0.15, -0.1) is 0 Å². The molecule has 0 bridgehead atoms. The molecular formula is C35H23BrO. The van der Waals surface area contributed by atoms with E-state index in [9.17, 15) is 0 Å². The van der Waals surface area contributed by atoms with Crippen LogP contribution in [0.4, 0.5) is 0 Å². The van der Waals surface area contributed by atoms with E-state index in [1.165, 1.54) is 55.3 Å². The molecule has 0 amide bonds. The summed E-state index contributed by atoms with van der Waals surface area (Å²) in [5, 5.41) is 4.79. The predicted molar refractivity (Wildman–Crippen MR) is 156 cm³/mol. The van der Waals surface area contributed by atoms with Gasteiger partial charge in [-0.05, 0) is 70.1 Å². The van der Waals surface area contributed by atoms with Gasteiger partial charge in [-0.2, -0.15) is 0 Å². The standard InChI is InChI=1S/C35H23BrO/c1-20-7-5-10-27-23(20)15-17-30-33(27)37-34-28-11-6-8-21(2)24(28)16-18-31(34)35(30)29-12-4-3-9-25(29)26-14-13-22(36)19-32(26)35/h3-19H,1-2H3. The van der Waals surface area contributed by atoms with Crippen LogP contribution in [0.1, 0.15) is 33.4 Å². The molecule has 1 aliphatic heterocycles. The van der Waals surface area contributed by atoms with Crippen molar-refractivity contribution >= 4 is 37.5 Å². The normalized spacial score (nSPS) is 14.2. The first-order valence-electron chi connectivity index (χ1n) is 12.7. The molecular weight excluding hydrogens is 516 g/mol. The number of aryl methyl sites for hydroxylation is 2. The van der Waals surface area contributed by atoms with E-state index in [0.29, 0.717) is 0 Å². The summed E-state index contributed by atoms with van der Waals surface area (Å²) in [4.78, 5) is 0. The van der Waals surface area contributed by atoms with E-state index < -0.39 is 5.41 Å². The lowest BCUT2D eigenvalue weighted by atomic mass is 9.65. The smallest absolute Gasteiger partial charge is 0.140 e. The van der Waals surface area contributed by atoms with Crippen molar-refractivity contribution < 1.29 is 4.74 Å². The molecule has 6 aromatic rings. The number of hydrogen-bond acceptors (Lipinski definition) is 1. The van der Waals surface area contributed by atoms with Crippen molar-refractivity contribution in [3.05, 3.63) is 141 Å². The van der Waals surface area contributed by atoms with E-state index in [0.717, 1.165) is 26.7 Å². The maximum absolute atomic E-state index is 7.05. The lowest BCUT2D eigenvalue weighted by Gasteiger charge is -2.40. The Balaban J connectivity index is 1.63. The molecule has 176 valence electrons. The van der Waals surface area contributed by atoms with Crippen molar-refractivity contribution in [3.63, 3.8) is 0 Å². The summed E-state index contributed by atoms with van der Waals surface area (Å²) in [7, 11) is 0. The molecule has 0 saturated heterocycles. The van der Waals surface area contributed by atoms with Crippen LogP contribution in [0.5, 0.6) is 11.5 Å². The molecule has 0 atom stereocenters. The van der Waals surface area contributed by atoms with Gasteiger partial charge >= 0.3 is 0 Å². The Morgan fingerprint density at radius 3 is 1.76 bits per heavy atom. The minimum Gasteiger partial charge on any atom is -0.455 e. The zero-order valence-electron chi connectivity index (χ0n) is 20.6. The molecule has 8 rings (SSSR count). The number of rotatable bonds is 0. The number of halogens is 1. The van der Waals surface area contributed by atoms with Gasteiger partial charge < -0.3 is 4.74 Å². The Bertz CT molecular complexity index is 1860. The maximum atomic E-state index is 7.05. The molecule has 1 nitrogen and oxygen atoms in total. The molecule has 0 fully saturated rings. The SMILES string of the molecule is Cc1cccc2c3c(ccc12)C1(c2ccccc2-c2ccc(Br)cc21)c1ccc2c(C)cccc2c1O3. The zero-order chi connectivity index (χ0) is 24.9. The Hall–Kier alpha value is -3.88. The Morgan fingerprint density at radius 1 is 0.514 bits per heavy atom. The van der Waals surface area contributed by atoms with Crippen LogP contribution in [-0.2, 0) is 5.41 Å². The lowest BCUT2D eigenvalue weighted by molar-refractivity contribution is 0.447. The second-order valence-corrected chi connectivity index (χ2v) is 11.2. The summed E-state index contributed by atoms with van der Waals surface area (Å²) in [5.41, 5.74) is 9.63. The molecule has 0 radical (unpaired) electrons. The topological polar surface area (TPSA) is 9.23 Å². The van der Waals surface area contributed by atoms with Crippen molar-refractivity contribution in [1.29, 1.82) is 0 Å². The summed E-state index contributed by atoms with van der Waals surface area (Å²) >= 11 is 3.81. The first-order valence-corrected chi connectivity index (χ1v) is 13.5. The summed E-state index contributed by atoms with van der Waals surface area (Å²) < 4.78 is 8.13. The molecule has 1 aliphatic carbocycles. The van der Waals surface area contributed by atoms with Crippen LogP contribution in [0.3, 0.4) is 0 Å². The second kappa shape index (κ2) is 7.34. The zero-order valence-corrected chi connectivity index (χ0v) is 22.2. The van der Waals surface area contributed by atoms with Gasteiger partial charge in [0.15, 0.2) is 0 Å². The average Bonchev–Trinajstić information content (AvgIpc) is 3.19. The molecule has 0 N–H and O–H groups in total. The van der Waals surface area contributed by atoms with Gasteiger partial charge in [0, 0.05) is 26.4 Å². The molecule has 0 unspecified atom stereocenters. The first-order chi connectivity index (χ1) is 18.1. The molecule has 37 heavy (non-hydrogen) atoms. The number of hydrogen-bond donors (Lipinski definition) is 0. The van der Waals surface area contributed by atoms with Crippen LogP contribution in [0, 0.1) is 13.8 Å². The minimum atomic E-state index is -0.478. The van der Waals surface area contributed by atoms with Gasteiger partial charge in [0.25, 0.3) is 0 Å². The third-order valence-electron chi connectivity index (χ3n) is 8.48. The van der Waals surface area contributed by atoms with Crippen LogP contribution in [0.25, 0.3) is 32.7 Å². The summed E-state index contributed by atoms with van der Waals surface area (Å²) in [6, 6.07) is 37.9. The largest absolute Gasteiger partial charge is 0.455 e. The highest BCUT2D eigenvalue weighted by Gasteiger charge is 2.51. The molecule has 0 aromatic heterocycles. The fourth-order valence-corrected chi connectivity index (χ4v) is 7.23. The summed E-state index contributed by atoms with van der Waals surface area (Å²) in [6.45, 7) is 4.36.